The summed E-state index contributed by atoms with van der Waals surface area (Å²) < 4.78 is 39.7. The van der Waals surface area contributed by atoms with Crippen molar-refractivity contribution in [3.05, 3.63) is 29.3 Å². The van der Waals surface area contributed by atoms with Crippen LogP contribution in [0, 0.1) is 5.92 Å². The van der Waals surface area contributed by atoms with Crippen LogP contribution in [-0.4, -0.2) is 35.5 Å². The number of benzene rings is 1. The number of carbonyl (C=O) groups is 3. The molecule has 27 heavy (non-hydrogen) atoms. The number of anilines is 1. The Morgan fingerprint density at radius 3 is 2.41 bits per heavy atom. The zero-order valence-corrected chi connectivity index (χ0v) is 15.0. The summed E-state index contributed by atoms with van der Waals surface area (Å²) in [4.78, 5) is 36.8. The van der Waals surface area contributed by atoms with Crippen LogP contribution in [0.2, 0.25) is 0 Å². The number of hydrogen-bond acceptors (Lipinski definition) is 3. The highest BCUT2D eigenvalue weighted by molar-refractivity contribution is 6.00. The van der Waals surface area contributed by atoms with Crippen molar-refractivity contribution in [3.8, 4) is 0 Å². The van der Waals surface area contributed by atoms with Gasteiger partial charge in [-0.3, -0.25) is 9.59 Å². The molecule has 2 rings (SSSR count). The lowest BCUT2D eigenvalue weighted by molar-refractivity contribution is -0.140. The van der Waals surface area contributed by atoms with Gasteiger partial charge in [-0.1, -0.05) is 13.8 Å². The maximum Gasteiger partial charge on any atom is 0.416 e. The van der Waals surface area contributed by atoms with E-state index >= 15 is 0 Å². The average molecular weight is 386 g/mol. The van der Waals surface area contributed by atoms with Crippen molar-refractivity contribution in [1.29, 1.82) is 0 Å². The number of carbonyl (C=O) groups excluding carboxylic acids is 2. The largest absolute Gasteiger partial charge is 0.480 e. The summed E-state index contributed by atoms with van der Waals surface area (Å²) in [6.07, 6.45) is -3.82. The van der Waals surface area contributed by atoms with Gasteiger partial charge < -0.3 is 15.3 Å². The summed E-state index contributed by atoms with van der Waals surface area (Å²) in [7, 11) is 0. The van der Waals surface area contributed by atoms with Gasteiger partial charge in [0.25, 0.3) is 5.91 Å². The molecule has 0 aromatic heterocycles. The fourth-order valence-electron chi connectivity index (χ4n) is 2.92. The van der Waals surface area contributed by atoms with Crippen LogP contribution in [0.25, 0.3) is 0 Å². The quantitative estimate of drug-likeness (QED) is 0.787. The first-order chi connectivity index (χ1) is 12.5. The van der Waals surface area contributed by atoms with E-state index in [9.17, 15) is 32.7 Å². The number of nitrogens with one attached hydrogen (secondary N) is 1. The van der Waals surface area contributed by atoms with E-state index in [4.69, 9.17) is 0 Å². The Labute approximate surface area is 154 Å². The van der Waals surface area contributed by atoms with Gasteiger partial charge in [0.05, 0.1) is 5.56 Å². The topological polar surface area (TPSA) is 86.7 Å². The third-order valence-corrected chi connectivity index (χ3v) is 4.20. The maximum absolute atomic E-state index is 13.2. The van der Waals surface area contributed by atoms with Crippen LogP contribution in [0.4, 0.5) is 18.9 Å². The molecule has 1 aromatic rings. The minimum absolute atomic E-state index is 0.0202. The first-order valence-electron chi connectivity index (χ1n) is 8.55. The lowest BCUT2D eigenvalue weighted by atomic mass is 10.0. The van der Waals surface area contributed by atoms with E-state index < -0.39 is 29.7 Å². The number of carboxylic acids is 1. The van der Waals surface area contributed by atoms with Crippen molar-refractivity contribution in [2.45, 2.75) is 45.3 Å². The van der Waals surface area contributed by atoms with Gasteiger partial charge in [-0.15, -0.1) is 0 Å². The molecule has 0 saturated carbocycles. The average Bonchev–Trinajstić information content (AvgIpc) is 2.98. The number of rotatable bonds is 6. The standard InChI is InChI=1S/C18H21F3N2O4/c1-10(2)6-14(17(26)27)22-16(25)11-7-12(18(19,20)21)9-13(8-11)23-5-3-4-15(23)24/h7-10,14H,3-6H2,1-2H3,(H,22,25)(H,26,27)/t14-/m1/s1. The Kier molecular flexibility index (Phi) is 6.12. The lowest BCUT2D eigenvalue weighted by Gasteiger charge is -2.20. The van der Waals surface area contributed by atoms with Gasteiger partial charge in [-0.05, 0) is 37.0 Å². The molecule has 0 spiro atoms. The van der Waals surface area contributed by atoms with Gasteiger partial charge in [0.15, 0.2) is 0 Å². The van der Waals surface area contributed by atoms with E-state index in [1.165, 1.54) is 11.0 Å². The Hall–Kier alpha value is -2.58. The van der Waals surface area contributed by atoms with E-state index in [1.807, 2.05) is 0 Å². The smallest absolute Gasteiger partial charge is 0.416 e. The highest BCUT2D eigenvalue weighted by atomic mass is 19.4. The minimum Gasteiger partial charge on any atom is -0.480 e. The van der Waals surface area contributed by atoms with Crippen LogP contribution in [-0.2, 0) is 15.8 Å². The Morgan fingerprint density at radius 1 is 1.26 bits per heavy atom. The third kappa shape index (κ3) is 5.21. The molecular formula is C18H21F3N2O4. The number of nitrogens with zero attached hydrogens (tertiary/aromatic N) is 1. The van der Waals surface area contributed by atoms with Crippen molar-refractivity contribution in [1.82, 2.24) is 5.32 Å². The van der Waals surface area contributed by atoms with E-state index in [1.54, 1.807) is 13.8 Å². The van der Waals surface area contributed by atoms with Crippen LogP contribution >= 0.6 is 0 Å². The van der Waals surface area contributed by atoms with Crippen LogP contribution in [0.1, 0.15) is 49.0 Å². The highest BCUT2D eigenvalue weighted by Crippen LogP contribution is 2.34. The molecular weight excluding hydrogens is 365 g/mol. The number of hydrogen-bond donors (Lipinski definition) is 2. The first-order valence-corrected chi connectivity index (χ1v) is 8.55. The Balaban J connectivity index is 2.37. The molecule has 1 saturated heterocycles. The van der Waals surface area contributed by atoms with Crippen molar-refractivity contribution in [3.63, 3.8) is 0 Å². The van der Waals surface area contributed by atoms with Crippen molar-refractivity contribution >= 4 is 23.5 Å². The predicted molar refractivity (Wildman–Crippen MR) is 91.4 cm³/mol. The van der Waals surface area contributed by atoms with Crippen LogP contribution < -0.4 is 10.2 Å². The number of amides is 2. The van der Waals surface area contributed by atoms with Gasteiger partial charge in [-0.2, -0.15) is 13.2 Å². The minimum atomic E-state index is -4.71. The number of aliphatic carboxylic acids is 1. The van der Waals surface area contributed by atoms with Crippen LogP contribution in [0.5, 0.6) is 0 Å². The van der Waals surface area contributed by atoms with Crippen molar-refractivity contribution in [2.24, 2.45) is 5.92 Å². The zero-order chi connectivity index (χ0) is 20.4. The van der Waals surface area contributed by atoms with E-state index in [-0.39, 0.29) is 42.5 Å². The molecule has 1 atom stereocenters. The summed E-state index contributed by atoms with van der Waals surface area (Å²) in [5, 5.41) is 11.5. The second kappa shape index (κ2) is 7.98. The molecule has 1 fully saturated rings. The highest BCUT2D eigenvalue weighted by Gasteiger charge is 2.34. The van der Waals surface area contributed by atoms with Crippen LogP contribution in [0.3, 0.4) is 0 Å². The summed E-state index contributed by atoms with van der Waals surface area (Å²) in [6, 6.07) is 1.45. The van der Waals surface area contributed by atoms with Gasteiger partial charge in [0.1, 0.15) is 6.04 Å². The summed E-state index contributed by atoms with van der Waals surface area (Å²) >= 11 is 0. The molecule has 1 aromatic carbocycles. The lowest BCUT2D eigenvalue weighted by Crippen LogP contribution is -2.41. The number of alkyl halides is 3. The molecule has 1 heterocycles. The second-order valence-corrected chi connectivity index (χ2v) is 6.91. The molecule has 0 aliphatic carbocycles. The fourth-order valence-corrected chi connectivity index (χ4v) is 2.92. The van der Waals surface area contributed by atoms with Gasteiger partial charge in [0, 0.05) is 24.2 Å². The molecule has 148 valence electrons. The summed E-state index contributed by atoms with van der Waals surface area (Å²) in [6.45, 7) is 3.80. The van der Waals surface area contributed by atoms with Crippen LogP contribution in [0.15, 0.2) is 18.2 Å². The first kappa shape index (κ1) is 20.7. The molecule has 2 amide bonds. The molecule has 0 bridgehead atoms. The zero-order valence-electron chi connectivity index (χ0n) is 15.0. The Bertz CT molecular complexity index is 747. The molecule has 1 aliphatic heterocycles. The fraction of sp³-hybridized carbons (Fsp3) is 0.500. The normalized spacial score (nSPS) is 15.9. The van der Waals surface area contributed by atoms with Gasteiger partial charge >= 0.3 is 12.1 Å². The molecule has 1 aliphatic rings. The SMILES string of the molecule is CC(C)C[C@@H](NC(=O)c1cc(N2CCCC2=O)cc(C(F)(F)F)c1)C(=O)O. The molecule has 0 unspecified atom stereocenters. The Morgan fingerprint density at radius 2 is 1.93 bits per heavy atom. The van der Waals surface area contributed by atoms with Crippen molar-refractivity contribution in [2.75, 3.05) is 11.4 Å². The monoisotopic (exact) mass is 386 g/mol. The summed E-state index contributed by atoms with van der Waals surface area (Å²) in [5.74, 6) is -2.55. The van der Waals surface area contributed by atoms with E-state index in [0.29, 0.717) is 12.5 Å². The summed E-state index contributed by atoms with van der Waals surface area (Å²) in [5.41, 5.74) is -1.43. The van der Waals surface area contributed by atoms with Gasteiger partial charge in [-0.25, -0.2) is 4.79 Å². The van der Waals surface area contributed by atoms with Crippen molar-refractivity contribution < 1.29 is 32.7 Å². The molecule has 9 heteroatoms. The molecule has 2 N–H and O–H groups in total. The second-order valence-electron chi connectivity index (χ2n) is 6.91. The molecule has 0 radical (unpaired) electrons. The van der Waals surface area contributed by atoms with Gasteiger partial charge in [0.2, 0.25) is 5.91 Å². The number of halogens is 3. The maximum atomic E-state index is 13.2. The number of carboxylic acid groups (broad SMARTS) is 1. The third-order valence-electron chi connectivity index (χ3n) is 4.20. The predicted octanol–water partition coefficient (Wildman–Crippen LogP) is 3.06. The van der Waals surface area contributed by atoms with E-state index in [2.05, 4.69) is 5.32 Å². The van der Waals surface area contributed by atoms with E-state index in [0.717, 1.165) is 6.07 Å². The molecule has 6 nitrogen and oxygen atoms in total.